The highest BCUT2D eigenvalue weighted by atomic mass is 32.2. The van der Waals surface area contributed by atoms with E-state index in [9.17, 15) is 18.0 Å². The lowest BCUT2D eigenvalue weighted by Gasteiger charge is -2.05. The van der Waals surface area contributed by atoms with Gasteiger partial charge >= 0.3 is 16.1 Å². The molecule has 110 valence electrons. The molecule has 0 radical (unpaired) electrons. The van der Waals surface area contributed by atoms with E-state index in [0.29, 0.717) is 0 Å². The summed E-state index contributed by atoms with van der Waals surface area (Å²) in [4.78, 5) is 25.7. The van der Waals surface area contributed by atoms with Crippen molar-refractivity contribution in [2.24, 2.45) is 5.73 Å². The normalized spacial score (nSPS) is 12.9. The van der Waals surface area contributed by atoms with Crippen LogP contribution in [-0.2, 0) is 26.1 Å². The molecule has 4 N–H and O–H groups in total. The Kier molecular flexibility index (Phi) is 5.31. The average molecular weight is 302 g/mol. The third kappa shape index (κ3) is 5.03. The first-order valence-electron chi connectivity index (χ1n) is 5.63. The third-order valence-corrected chi connectivity index (χ3v) is 3.23. The molecule has 0 aliphatic rings. The van der Waals surface area contributed by atoms with Crippen LogP contribution in [0.5, 0.6) is 0 Å². The van der Waals surface area contributed by atoms with Crippen LogP contribution in [0, 0.1) is 0 Å². The maximum absolute atomic E-state index is 11.6. The number of carbonyl (C=O) groups excluding carboxylic acids is 1. The van der Waals surface area contributed by atoms with E-state index < -0.39 is 27.2 Å². The number of carboxylic acid groups (broad SMARTS) is 1. The summed E-state index contributed by atoms with van der Waals surface area (Å²) in [6.07, 6.45) is -0.215. The minimum Gasteiger partial charge on any atom is -0.480 e. The van der Waals surface area contributed by atoms with Crippen molar-refractivity contribution < 1.29 is 27.7 Å². The van der Waals surface area contributed by atoms with Gasteiger partial charge in [-0.25, -0.2) is 4.98 Å². The second kappa shape index (κ2) is 6.55. The molecule has 0 saturated carbocycles. The van der Waals surface area contributed by atoms with Gasteiger partial charge < -0.3 is 10.8 Å². The number of aliphatic carboxylic acids is 1. The molecule has 1 aromatic rings. The number of nitrogens with two attached hydrogens (primary N) is 1. The number of carboxylic acids is 1. The summed E-state index contributed by atoms with van der Waals surface area (Å²) in [5.74, 6) is -1.51. The van der Waals surface area contributed by atoms with E-state index in [-0.39, 0.29) is 30.7 Å². The number of ketones is 1. The van der Waals surface area contributed by atoms with Crippen LogP contribution in [0.15, 0.2) is 23.2 Å². The van der Waals surface area contributed by atoms with Gasteiger partial charge in [0.15, 0.2) is 5.03 Å². The molecule has 1 rings (SSSR count). The zero-order valence-corrected chi connectivity index (χ0v) is 11.2. The van der Waals surface area contributed by atoms with Crippen molar-refractivity contribution in [3.63, 3.8) is 0 Å². The monoisotopic (exact) mass is 302 g/mol. The van der Waals surface area contributed by atoms with E-state index in [1.165, 1.54) is 12.1 Å². The standard InChI is InChI=1S/C11H14N2O6S/c12-9(11(15)16)5-4-8(14)6-7-2-1-3-10(13-7)20(17,18)19/h1-3,9H,4-6,12H2,(H,15,16)(H,17,18,19)/t9-/m0/s1. The Morgan fingerprint density at radius 2 is 2.00 bits per heavy atom. The number of Topliss-reactive ketones (excluding diaryl/α,β-unsaturated/α-hetero) is 1. The lowest BCUT2D eigenvalue weighted by Crippen LogP contribution is -2.30. The van der Waals surface area contributed by atoms with Crippen molar-refractivity contribution >= 4 is 21.9 Å². The molecule has 8 nitrogen and oxygen atoms in total. The molecule has 0 aliphatic heterocycles. The van der Waals surface area contributed by atoms with Gasteiger partial charge in [-0.3, -0.25) is 14.1 Å². The number of nitrogens with zero attached hydrogens (tertiary/aromatic N) is 1. The molecule has 1 heterocycles. The Morgan fingerprint density at radius 3 is 2.55 bits per heavy atom. The Labute approximate surface area is 115 Å². The highest BCUT2D eigenvalue weighted by Gasteiger charge is 2.16. The molecule has 0 aliphatic carbocycles. The average Bonchev–Trinajstić information content (AvgIpc) is 2.35. The molecular weight excluding hydrogens is 288 g/mol. The third-order valence-electron chi connectivity index (χ3n) is 2.48. The van der Waals surface area contributed by atoms with Crippen LogP contribution in [0.2, 0.25) is 0 Å². The minimum atomic E-state index is -4.42. The summed E-state index contributed by atoms with van der Waals surface area (Å²) >= 11 is 0. The van der Waals surface area contributed by atoms with Crippen LogP contribution >= 0.6 is 0 Å². The van der Waals surface area contributed by atoms with Gasteiger partial charge in [-0.1, -0.05) is 6.07 Å². The summed E-state index contributed by atoms with van der Waals surface area (Å²) in [5.41, 5.74) is 5.43. The van der Waals surface area contributed by atoms with E-state index >= 15 is 0 Å². The van der Waals surface area contributed by atoms with E-state index in [0.717, 1.165) is 6.07 Å². The van der Waals surface area contributed by atoms with Crippen LogP contribution < -0.4 is 5.73 Å². The zero-order valence-electron chi connectivity index (χ0n) is 10.4. The van der Waals surface area contributed by atoms with Crippen molar-refractivity contribution in [1.29, 1.82) is 0 Å². The van der Waals surface area contributed by atoms with Gasteiger partial charge in [0.1, 0.15) is 11.8 Å². The van der Waals surface area contributed by atoms with Gasteiger partial charge in [0, 0.05) is 18.5 Å². The lowest BCUT2D eigenvalue weighted by atomic mass is 10.1. The SMILES string of the molecule is N[C@@H](CCC(=O)Cc1cccc(S(=O)(=O)O)n1)C(=O)O. The highest BCUT2D eigenvalue weighted by molar-refractivity contribution is 7.85. The lowest BCUT2D eigenvalue weighted by molar-refractivity contribution is -0.138. The summed E-state index contributed by atoms with van der Waals surface area (Å²) in [6.45, 7) is 0. The summed E-state index contributed by atoms with van der Waals surface area (Å²) in [7, 11) is -4.42. The maximum Gasteiger partial charge on any atom is 0.320 e. The Morgan fingerprint density at radius 1 is 1.35 bits per heavy atom. The minimum absolute atomic E-state index is 0.00778. The van der Waals surface area contributed by atoms with Gasteiger partial charge in [-0.05, 0) is 18.6 Å². The van der Waals surface area contributed by atoms with Crippen LogP contribution in [0.25, 0.3) is 0 Å². The maximum atomic E-state index is 11.6. The first-order chi connectivity index (χ1) is 9.20. The number of hydrogen-bond acceptors (Lipinski definition) is 6. The molecular formula is C11H14N2O6S. The van der Waals surface area contributed by atoms with Gasteiger partial charge in [-0.2, -0.15) is 8.42 Å². The van der Waals surface area contributed by atoms with Gasteiger partial charge in [-0.15, -0.1) is 0 Å². The number of carbonyl (C=O) groups is 2. The van der Waals surface area contributed by atoms with Crippen LogP contribution in [0.4, 0.5) is 0 Å². The Balaban J connectivity index is 2.65. The molecule has 0 spiro atoms. The van der Waals surface area contributed by atoms with Crippen molar-refractivity contribution in [3.05, 3.63) is 23.9 Å². The van der Waals surface area contributed by atoms with E-state index in [4.69, 9.17) is 15.4 Å². The first kappa shape index (κ1) is 16.2. The van der Waals surface area contributed by atoms with Crippen molar-refractivity contribution in [3.8, 4) is 0 Å². The summed E-state index contributed by atoms with van der Waals surface area (Å²) < 4.78 is 30.6. The molecule has 20 heavy (non-hydrogen) atoms. The molecule has 1 aromatic heterocycles. The molecule has 0 unspecified atom stereocenters. The predicted octanol–water partition coefficient (Wildman–Crippen LogP) is -0.368. The number of rotatable bonds is 7. The fourth-order valence-electron chi connectivity index (χ4n) is 1.43. The van der Waals surface area contributed by atoms with Gasteiger partial charge in [0.2, 0.25) is 0 Å². The molecule has 0 saturated heterocycles. The summed E-state index contributed by atoms with van der Waals surface area (Å²) in [6, 6.07) is 2.77. The molecule has 0 amide bonds. The van der Waals surface area contributed by atoms with E-state index in [1.54, 1.807) is 0 Å². The quantitative estimate of drug-likeness (QED) is 0.578. The molecule has 0 fully saturated rings. The molecule has 0 bridgehead atoms. The highest BCUT2D eigenvalue weighted by Crippen LogP contribution is 2.08. The fraction of sp³-hybridized carbons (Fsp3) is 0.364. The van der Waals surface area contributed by atoms with Crippen molar-refractivity contribution in [2.75, 3.05) is 0 Å². The number of aromatic nitrogens is 1. The summed E-state index contributed by atoms with van der Waals surface area (Å²) in [5, 5.41) is 8.03. The fourth-order valence-corrected chi connectivity index (χ4v) is 1.91. The Bertz CT molecular complexity index is 613. The van der Waals surface area contributed by atoms with Gasteiger partial charge in [0.05, 0.1) is 0 Å². The first-order valence-corrected chi connectivity index (χ1v) is 7.07. The van der Waals surface area contributed by atoms with Crippen molar-refractivity contribution in [2.45, 2.75) is 30.3 Å². The second-order valence-corrected chi connectivity index (χ2v) is 5.51. The topological polar surface area (TPSA) is 148 Å². The molecule has 9 heteroatoms. The smallest absolute Gasteiger partial charge is 0.320 e. The van der Waals surface area contributed by atoms with Crippen LogP contribution in [0.3, 0.4) is 0 Å². The van der Waals surface area contributed by atoms with E-state index in [1.807, 2.05) is 0 Å². The molecule has 1 atom stereocenters. The number of pyridine rings is 1. The Hall–Kier alpha value is -1.84. The van der Waals surface area contributed by atoms with E-state index in [2.05, 4.69) is 4.98 Å². The molecule has 0 aromatic carbocycles. The zero-order chi connectivity index (χ0) is 15.3. The largest absolute Gasteiger partial charge is 0.480 e. The van der Waals surface area contributed by atoms with Gasteiger partial charge in [0.25, 0.3) is 0 Å². The van der Waals surface area contributed by atoms with Crippen molar-refractivity contribution in [1.82, 2.24) is 4.98 Å². The van der Waals surface area contributed by atoms with Crippen LogP contribution in [-0.4, -0.2) is 40.9 Å². The predicted molar refractivity (Wildman–Crippen MR) is 67.6 cm³/mol. The second-order valence-electron chi connectivity index (χ2n) is 4.14. The number of hydrogen-bond donors (Lipinski definition) is 3. The van der Waals surface area contributed by atoms with Crippen LogP contribution in [0.1, 0.15) is 18.5 Å².